The van der Waals surface area contributed by atoms with Gasteiger partial charge in [0.15, 0.2) is 0 Å². The SMILES string of the molecule is COCCOc1cc2c(cc1C(=O)ON)C1CCC3(C)C(CCC34CCC(C)(C)C(=O)O4)C1CC2. The minimum atomic E-state index is -0.584. The molecule has 4 aliphatic rings. The van der Waals surface area contributed by atoms with Crippen LogP contribution < -0.4 is 10.6 Å². The minimum absolute atomic E-state index is 0.0000530. The average Bonchev–Trinajstić information content (AvgIpc) is 3.13. The van der Waals surface area contributed by atoms with Gasteiger partial charge in [-0.25, -0.2) is 4.79 Å². The maximum Gasteiger partial charge on any atom is 0.360 e. The number of ether oxygens (including phenoxy) is 3. The fourth-order valence-electron chi connectivity index (χ4n) is 7.83. The molecule has 5 rings (SSSR count). The highest BCUT2D eigenvalue weighted by molar-refractivity contribution is 5.93. The molecule has 0 amide bonds. The molecule has 1 aliphatic heterocycles. The molecule has 7 nitrogen and oxygen atoms in total. The first-order valence-electron chi connectivity index (χ1n) is 13.1. The van der Waals surface area contributed by atoms with Crippen LogP contribution in [0.2, 0.25) is 0 Å². The molecule has 3 aliphatic carbocycles. The quantitative estimate of drug-likeness (QED) is 0.367. The van der Waals surface area contributed by atoms with Gasteiger partial charge < -0.3 is 19.0 Å². The summed E-state index contributed by atoms with van der Waals surface area (Å²) < 4.78 is 17.3. The lowest BCUT2D eigenvalue weighted by atomic mass is 9.52. The second kappa shape index (κ2) is 8.77. The molecule has 5 unspecified atom stereocenters. The predicted octanol–water partition coefficient (Wildman–Crippen LogP) is 4.70. The summed E-state index contributed by atoms with van der Waals surface area (Å²) in [4.78, 5) is 30.0. The van der Waals surface area contributed by atoms with Gasteiger partial charge in [-0.05, 0) is 106 Å². The van der Waals surface area contributed by atoms with Gasteiger partial charge in [0, 0.05) is 12.5 Å². The van der Waals surface area contributed by atoms with Crippen molar-refractivity contribution in [1.82, 2.24) is 0 Å². The molecule has 192 valence electrons. The molecule has 0 radical (unpaired) electrons. The van der Waals surface area contributed by atoms with E-state index in [0.29, 0.717) is 42.3 Å². The van der Waals surface area contributed by atoms with Gasteiger partial charge in [0.25, 0.3) is 0 Å². The molecule has 7 heteroatoms. The smallest absolute Gasteiger partial charge is 0.360 e. The van der Waals surface area contributed by atoms with E-state index in [1.807, 2.05) is 26.0 Å². The third-order valence-corrected chi connectivity index (χ3v) is 9.98. The number of benzene rings is 1. The molecule has 1 aromatic rings. The summed E-state index contributed by atoms with van der Waals surface area (Å²) in [6.45, 7) is 7.17. The van der Waals surface area contributed by atoms with Gasteiger partial charge in [0.2, 0.25) is 0 Å². The Bertz CT molecular complexity index is 1020. The third kappa shape index (κ3) is 3.77. The van der Waals surface area contributed by atoms with E-state index in [1.165, 1.54) is 11.1 Å². The highest BCUT2D eigenvalue weighted by Crippen LogP contribution is 2.67. The van der Waals surface area contributed by atoms with Crippen molar-refractivity contribution in [3.63, 3.8) is 0 Å². The molecule has 5 atom stereocenters. The number of carbonyl (C=O) groups is 2. The number of carbonyl (C=O) groups excluding carboxylic acids is 2. The summed E-state index contributed by atoms with van der Waals surface area (Å²) in [5.74, 6) is 6.54. The zero-order chi connectivity index (χ0) is 25.0. The average molecular weight is 486 g/mol. The lowest BCUT2D eigenvalue weighted by molar-refractivity contribution is -0.206. The third-order valence-electron chi connectivity index (χ3n) is 9.98. The molecule has 1 aromatic carbocycles. The second-order valence-corrected chi connectivity index (χ2v) is 12.0. The molecule has 2 N–H and O–H groups in total. The van der Waals surface area contributed by atoms with Gasteiger partial charge in [-0.1, -0.05) is 6.92 Å². The van der Waals surface area contributed by atoms with Crippen LogP contribution in [0.4, 0.5) is 0 Å². The van der Waals surface area contributed by atoms with Gasteiger partial charge in [-0.15, -0.1) is 0 Å². The van der Waals surface area contributed by atoms with Crippen LogP contribution in [0.3, 0.4) is 0 Å². The van der Waals surface area contributed by atoms with E-state index in [-0.39, 0.29) is 17.0 Å². The van der Waals surface area contributed by atoms with Crippen molar-refractivity contribution in [2.24, 2.45) is 28.6 Å². The van der Waals surface area contributed by atoms with Crippen LogP contribution in [-0.4, -0.2) is 37.9 Å². The van der Waals surface area contributed by atoms with E-state index in [4.69, 9.17) is 20.1 Å². The predicted molar refractivity (Wildman–Crippen MR) is 130 cm³/mol. The van der Waals surface area contributed by atoms with E-state index < -0.39 is 11.4 Å². The Morgan fingerprint density at radius 1 is 1.09 bits per heavy atom. The Balaban J connectivity index is 1.44. The van der Waals surface area contributed by atoms with E-state index in [1.54, 1.807) is 7.11 Å². The fraction of sp³-hybridized carbons (Fsp3) is 0.714. The zero-order valence-electron chi connectivity index (χ0n) is 21.5. The van der Waals surface area contributed by atoms with E-state index in [0.717, 1.165) is 51.4 Å². The summed E-state index contributed by atoms with van der Waals surface area (Å²) in [7, 11) is 1.62. The largest absolute Gasteiger partial charge is 0.490 e. The molecule has 0 bridgehead atoms. The molecule has 1 heterocycles. The first-order valence-corrected chi connectivity index (χ1v) is 13.1. The summed E-state index contributed by atoms with van der Waals surface area (Å²) >= 11 is 0. The van der Waals surface area contributed by atoms with Gasteiger partial charge in [-0.3, -0.25) is 4.79 Å². The monoisotopic (exact) mass is 485 g/mol. The lowest BCUT2D eigenvalue weighted by Gasteiger charge is -2.56. The van der Waals surface area contributed by atoms with Crippen LogP contribution in [0.15, 0.2) is 12.1 Å². The van der Waals surface area contributed by atoms with Crippen molar-refractivity contribution in [2.45, 2.75) is 83.7 Å². The number of aryl methyl sites for hydroxylation is 1. The zero-order valence-corrected chi connectivity index (χ0v) is 21.5. The van der Waals surface area contributed by atoms with Crippen LogP contribution >= 0.6 is 0 Å². The molecular formula is C28H39NO6. The minimum Gasteiger partial charge on any atom is -0.490 e. The van der Waals surface area contributed by atoms with Crippen LogP contribution in [0.25, 0.3) is 0 Å². The Morgan fingerprint density at radius 3 is 2.60 bits per heavy atom. The lowest BCUT2D eigenvalue weighted by Crippen LogP contribution is -2.56. The van der Waals surface area contributed by atoms with E-state index >= 15 is 0 Å². The van der Waals surface area contributed by atoms with Crippen LogP contribution in [0.5, 0.6) is 5.75 Å². The van der Waals surface area contributed by atoms with Crippen molar-refractivity contribution in [2.75, 3.05) is 20.3 Å². The van der Waals surface area contributed by atoms with Crippen molar-refractivity contribution in [3.05, 3.63) is 28.8 Å². The topological polar surface area (TPSA) is 97.1 Å². The van der Waals surface area contributed by atoms with E-state index in [9.17, 15) is 9.59 Å². The van der Waals surface area contributed by atoms with Crippen molar-refractivity contribution >= 4 is 11.9 Å². The fourth-order valence-corrected chi connectivity index (χ4v) is 7.83. The molecule has 0 aromatic heterocycles. The Kier molecular flexibility index (Phi) is 6.16. The highest BCUT2D eigenvalue weighted by Gasteiger charge is 2.65. The van der Waals surface area contributed by atoms with Crippen molar-refractivity contribution in [3.8, 4) is 5.75 Å². The van der Waals surface area contributed by atoms with Crippen LogP contribution in [-0.2, 0) is 25.5 Å². The van der Waals surface area contributed by atoms with Gasteiger partial charge in [-0.2, -0.15) is 5.90 Å². The number of nitrogens with two attached hydrogens (primary N) is 1. The number of hydrogen-bond donors (Lipinski definition) is 1. The number of hydrogen-bond acceptors (Lipinski definition) is 7. The summed E-state index contributed by atoms with van der Waals surface area (Å²) in [6, 6.07) is 3.96. The maximum atomic E-state index is 12.9. The Hall–Kier alpha value is -2.12. The summed E-state index contributed by atoms with van der Waals surface area (Å²) in [6.07, 6.45) is 8.00. The van der Waals surface area contributed by atoms with Gasteiger partial charge >= 0.3 is 11.9 Å². The Morgan fingerprint density at radius 2 is 1.89 bits per heavy atom. The maximum absolute atomic E-state index is 12.9. The molecular weight excluding hydrogens is 446 g/mol. The molecule has 3 fully saturated rings. The molecule has 1 spiro atoms. The first kappa shape index (κ1) is 24.6. The van der Waals surface area contributed by atoms with Gasteiger partial charge in [0.1, 0.15) is 23.5 Å². The summed E-state index contributed by atoms with van der Waals surface area (Å²) in [5.41, 5.74) is 2.13. The van der Waals surface area contributed by atoms with Gasteiger partial charge in [0.05, 0.1) is 12.0 Å². The summed E-state index contributed by atoms with van der Waals surface area (Å²) in [5, 5.41) is 0. The molecule has 2 saturated carbocycles. The van der Waals surface area contributed by atoms with Crippen molar-refractivity contribution < 1.29 is 28.6 Å². The number of fused-ring (bicyclic) bond motifs is 6. The number of esters is 1. The highest BCUT2D eigenvalue weighted by atomic mass is 16.7. The van der Waals surface area contributed by atoms with E-state index in [2.05, 4.69) is 11.8 Å². The normalized spacial score (nSPS) is 35.0. The second-order valence-electron chi connectivity index (χ2n) is 12.0. The van der Waals surface area contributed by atoms with Crippen molar-refractivity contribution in [1.29, 1.82) is 0 Å². The first-order chi connectivity index (χ1) is 16.7. The Labute approximate surface area is 208 Å². The molecule has 35 heavy (non-hydrogen) atoms. The van der Waals surface area contributed by atoms with Crippen LogP contribution in [0, 0.1) is 22.7 Å². The molecule has 1 saturated heterocycles. The number of rotatable bonds is 5. The standard InChI is InChI=1S/C28H39NO6/c1-26(2)11-12-28(34-25(26)31)10-8-22-19-6-5-17-15-23(33-14-13-32-4)21(24(30)35-29)16-20(17)18(19)7-9-27(22,28)3/h15-16,18-19,22H,5-14,29H2,1-4H3. The number of methoxy groups -OCH3 is 1. The van der Waals surface area contributed by atoms with Crippen LogP contribution in [0.1, 0.15) is 93.1 Å².